The monoisotopic (exact) mass is 423 g/mol. The van der Waals surface area contributed by atoms with E-state index in [-0.39, 0.29) is 16.4 Å². The van der Waals surface area contributed by atoms with E-state index in [4.69, 9.17) is 23.2 Å². The van der Waals surface area contributed by atoms with Gasteiger partial charge in [0.05, 0.1) is 16.4 Å². The van der Waals surface area contributed by atoms with Crippen LogP contribution in [0.3, 0.4) is 0 Å². The van der Waals surface area contributed by atoms with Crippen molar-refractivity contribution in [3.63, 3.8) is 0 Å². The Labute approximate surface area is 164 Å². The molecule has 0 spiro atoms. The molecule has 27 heavy (non-hydrogen) atoms. The molecule has 3 rings (SSSR count). The molecule has 138 valence electrons. The van der Waals surface area contributed by atoms with Crippen molar-refractivity contribution in [3.05, 3.63) is 70.6 Å². The zero-order valence-electron chi connectivity index (χ0n) is 13.4. The maximum Gasteiger partial charge on any atom is 0.296 e. The molecular weight excluding hydrogens is 413 g/mol. The molecule has 0 aliphatic heterocycles. The van der Waals surface area contributed by atoms with E-state index in [0.29, 0.717) is 16.3 Å². The van der Waals surface area contributed by atoms with Crippen molar-refractivity contribution in [2.24, 2.45) is 0 Å². The molecule has 0 saturated heterocycles. The van der Waals surface area contributed by atoms with E-state index in [1.807, 2.05) is 0 Å². The fraction of sp³-hybridized carbons (Fsp3) is 0. The third-order valence-electron chi connectivity index (χ3n) is 3.50. The number of pyridine rings is 2. The van der Waals surface area contributed by atoms with E-state index in [1.165, 1.54) is 24.4 Å². The first kappa shape index (κ1) is 19.2. The molecule has 2 N–H and O–H groups in total. The summed E-state index contributed by atoms with van der Waals surface area (Å²) in [5.41, 5.74) is 1.04. The van der Waals surface area contributed by atoms with Gasteiger partial charge in [0.2, 0.25) is 0 Å². The maximum absolute atomic E-state index is 12.4. The Hall–Kier alpha value is -2.52. The Kier molecular flexibility index (Phi) is 5.43. The minimum absolute atomic E-state index is 0.0297. The number of aromatic nitrogens is 2. The second-order valence-corrected chi connectivity index (χ2v) is 7.57. The molecule has 0 radical (unpaired) electrons. The Balaban J connectivity index is 1.87. The number of carbonyl (C=O) groups is 1. The van der Waals surface area contributed by atoms with Crippen LogP contribution in [0.4, 0.5) is 5.69 Å². The van der Waals surface area contributed by atoms with Crippen LogP contribution in [0.15, 0.2) is 59.8 Å². The van der Waals surface area contributed by atoms with E-state index in [1.54, 1.807) is 24.4 Å². The summed E-state index contributed by atoms with van der Waals surface area (Å²) in [6.45, 7) is 0. The van der Waals surface area contributed by atoms with Crippen LogP contribution in [0.5, 0.6) is 0 Å². The Morgan fingerprint density at radius 3 is 2.48 bits per heavy atom. The SMILES string of the molecule is O=C(Nc1ccc(Cl)cc1S(=O)(=O)O)c1ccc(-c2ncccc2Cl)cn1. The number of nitrogens with zero attached hydrogens (tertiary/aromatic N) is 2. The van der Waals surface area contributed by atoms with Gasteiger partial charge in [0.1, 0.15) is 10.6 Å². The van der Waals surface area contributed by atoms with Crippen LogP contribution in [-0.4, -0.2) is 28.8 Å². The second-order valence-electron chi connectivity index (χ2n) is 5.34. The van der Waals surface area contributed by atoms with E-state index in [2.05, 4.69) is 15.3 Å². The minimum Gasteiger partial charge on any atom is -0.319 e. The first-order chi connectivity index (χ1) is 12.8. The quantitative estimate of drug-likeness (QED) is 0.614. The molecule has 7 nitrogen and oxygen atoms in total. The van der Waals surface area contributed by atoms with E-state index >= 15 is 0 Å². The van der Waals surface area contributed by atoms with Crippen molar-refractivity contribution in [1.29, 1.82) is 0 Å². The standard InChI is InChI=1S/C17H11Cl2N3O4S/c18-11-4-6-13(15(8-11)27(24,25)26)22-17(23)14-5-3-10(9-21-14)16-12(19)2-1-7-20-16/h1-9H,(H,22,23)(H,24,25,26). The second kappa shape index (κ2) is 7.61. The number of rotatable bonds is 4. The number of carbonyl (C=O) groups excluding carboxylic acids is 1. The number of anilines is 1. The topological polar surface area (TPSA) is 109 Å². The predicted molar refractivity (Wildman–Crippen MR) is 102 cm³/mol. The molecule has 0 aliphatic rings. The number of hydrogen-bond donors (Lipinski definition) is 2. The predicted octanol–water partition coefficient (Wildman–Crippen LogP) is 3.95. The average molecular weight is 424 g/mol. The largest absolute Gasteiger partial charge is 0.319 e. The highest BCUT2D eigenvalue weighted by molar-refractivity contribution is 7.86. The van der Waals surface area contributed by atoms with Gasteiger partial charge in [0.25, 0.3) is 16.0 Å². The van der Waals surface area contributed by atoms with Gasteiger partial charge in [-0.2, -0.15) is 8.42 Å². The first-order valence-corrected chi connectivity index (χ1v) is 9.60. The lowest BCUT2D eigenvalue weighted by Crippen LogP contribution is -2.16. The van der Waals surface area contributed by atoms with Gasteiger partial charge in [-0.25, -0.2) is 0 Å². The van der Waals surface area contributed by atoms with Crippen LogP contribution < -0.4 is 5.32 Å². The van der Waals surface area contributed by atoms with Crippen LogP contribution in [0.1, 0.15) is 10.5 Å². The summed E-state index contributed by atoms with van der Waals surface area (Å²) in [5.74, 6) is -0.666. The molecule has 0 unspecified atom stereocenters. The zero-order chi connectivity index (χ0) is 19.6. The highest BCUT2D eigenvalue weighted by atomic mass is 35.5. The third kappa shape index (κ3) is 4.42. The van der Waals surface area contributed by atoms with E-state index in [0.717, 1.165) is 6.07 Å². The molecule has 0 bridgehead atoms. The third-order valence-corrected chi connectivity index (χ3v) is 4.93. The number of nitrogens with one attached hydrogen (secondary N) is 1. The molecule has 1 amide bonds. The molecule has 2 heterocycles. The Morgan fingerprint density at radius 1 is 1.07 bits per heavy atom. The van der Waals surface area contributed by atoms with Crippen molar-refractivity contribution in [1.82, 2.24) is 9.97 Å². The van der Waals surface area contributed by atoms with Crippen LogP contribution in [0, 0.1) is 0 Å². The van der Waals surface area contributed by atoms with Crippen molar-refractivity contribution in [2.45, 2.75) is 4.90 Å². The molecule has 0 fully saturated rings. The minimum atomic E-state index is -4.57. The van der Waals surface area contributed by atoms with Crippen molar-refractivity contribution in [2.75, 3.05) is 5.32 Å². The molecule has 3 aromatic rings. The van der Waals surface area contributed by atoms with Crippen molar-refractivity contribution < 1.29 is 17.8 Å². The summed E-state index contributed by atoms with van der Waals surface area (Å²) in [4.78, 5) is 20.1. The zero-order valence-corrected chi connectivity index (χ0v) is 15.8. The van der Waals surface area contributed by atoms with Crippen molar-refractivity contribution >= 4 is 44.9 Å². The normalized spacial score (nSPS) is 11.2. The maximum atomic E-state index is 12.4. The van der Waals surface area contributed by atoms with Crippen LogP contribution in [0.2, 0.25) is 10.0 Å². The lowest BCUT2D eigenvalue weighted by molar-refractivity contribution is 0.102. The Morgan fingerprint density at radius 2 is 1.85 bits per heavy atom. The number of amides is 1. The van der Waals surface area contributed by atoms with E-state index < -0.39 is 20.9 Å². The summed E-state index contributed by atoms with van der Waals surface area (Å²) < 4.78 is 32.2. The molecule has 0 atom stereocenters. The van der Waals surface area contributed by atoms with Crippen LogP contribution in [-0.2, 0) is 10.1 Å². The van der Waals surface area contributed by atoms with Gasteiger partial charge in [0, 0.05) is 23.0 Å². The van der Waals surface area contributed by atoms with Gasteiger partial charge in [0.15, 0.2) is 0 Å². The number of hydrogen-bond acceptors (Lipinski definition) is 5. The van der Waals surface area contributed by atoms with Gasteiger partial charge in [-0.1, -0.05) is 23.2 Å². The highest BCUT2D eigenvalue weighted by Gasteiger charge is 2.19. The summed E-state index contributed by atoms with van der Waals surface area (Å²) in [6, 6.07) is 10.1. The molecule has 0 aliphatic carbocycles. The summed E-state index contributed by atoms with van der Waals surface area (Å²) >= 11 is 11.8. The smallest absolute Gasteiger partial charge is 0.296 e. The molecule has 10 heteroatoms. The van der Waals surface area contributed by atoms with Gasteiger partial charge in [-0.3, -0.25) is 19.3 Å². The first-order valence-electron chi connectivity index (χ1n) is 7.41. The van der Waals surface area contributed by atoms with E-state index in [9.17, 15) is 17.8 Å². The number of benzene rings is 1. The molecular formula is C17H11Cl2N3O4S. The lowest BCUT2D eigenvalue weighted by Gasteiger charge is -2.10. The molecule has 0 saturated carbocycles. The van der Waals surface area contributed by atoms with Gasteiger partial charge in [-0.05, 0) is 42.5 Å². The fourth-order valence-electron chi connectivity index (χ4n) is 2.27. The summed E-state index contributed by atoms with van der Waals surface area (Å²) in [6.07, 6.45) is 3.01. The fourth-order valence-corrected chi connectivity index (χ4v) is 3.41. The Bertz CT molecular complexity index is 1120. The molecule has 1 aromatic carbocycles. The average Bonchev–Trinajstić information content (AvgIpc) is 2.63. The van der Waals surface area contributed by atoms with Gasteiger partial charge < -0.3 is 5.32 Å². The lowest BCUT2D eigenvalue weighted by atomic mass is 10.1. The van der Waals surface area contributed by atoms with Crippen LogP contribution >= 0.6 is 23.2 Å². The van der Waals surface area contributed by atoms with Crippen LogP contribution in [0.25, 0.3) is 11.3 Å². The van der Waals surface area contributed by atoms with Gasteiger partial charge in [-0.15, -0.1) is 0 Å². The summed E-state index contributed by atoms with van der Waals surface area (Å²) in [7, 11) is -4.57. The van der Waals surface area contributed by atoms with Crippen molar-refractivity contribution in [3.8, 4) is 11.3 Å². The highest BCUT2D eigenvalue weighted by Crippen LogP contribution is 2.26. The number of halogens is 2. The molecule has 2 aromatic heterocycles. The van der Waals surface area contributed by atoms with Gasteiger partial charge >= 0.3 is 0 Å². The summed E-state index contributed by atoms with van der Waals surface area (Å²) in [5, 5.41) is 2.92.